The first-order chi connectivity index (χ1) is 24.5. The fourth-order valence-electron chi connectivity index (χ4n) is 6.53. The first-order valence-electron chi connectivity index (χ1n) is 17.0. The lowest BCUT2D eigenvalue weighted by Gasteiger charge is -2.24. The minimum Gasteiger partial charge on any atom is -0.480 e. The Kier molecular flexibility index (Phi) is 10.4. The average molecular weight is 689 g/mol. The van der Waals surface area contributed by atoms with Crippen LogP contribution in [0.3, 0.4) is 0 Å². The predicted molar refractivity (Wildman–Crippen MR) is 196 cm³/mol. The molecule has 1 aromatic heterocycles. The van der Waals surface area contributed by atoms with Crippen LogP contribution in [0.5, 0.6) is 0 Å². The SMILES string of the molecule is CC(C)(C)OC(=O)n1cc(C[C@H](N=C(c2ccccc2)c2ccccc2NC(=O)[C@@H]2CCCN2Cc2ccccc2)C(=O)O)c2c(F)cccc21. The monoisotopic (exact) mass is 688 g/mol. The number of aliphatic imine (C=N–C) groups is 1. The Bertz CT molecular complexity index is 2070. The Morgan fingerprint density at radius 3 is 2.33 bits per heavy atom. The quantitative estimate of drug-likeness (QED) is 0.146. The highest BCUT2D eigenvalue weighted by Crippen LogP contribution is 2.29. The number of rotatable bonds is 10. The fraction of sp³-hybridized carbons (Fsp3) is 0.268. The van der Waals surface area contributed by atoms with E-state index >= 15 is 4.39 Å². The number of amides is 1. The van der Waals surface area contributed by atoms with Gasteiger partial charge in [-0.2, -0.15) is 0 Å². The van der Waals surface area contributed by atoms with Crippen molar-refractivity contribution in [2.45, 2.75) is 64.3 Å². The molecule has 2 atom stereocenters. The van der Waals surface area contributed by atoms with E-state index in [1.54, 1.807) is 51.1 Å². The summed E-state index contributed by atoms with van der Waals surface area (Å²) in [4.78, 5) is 46.9. The molecule has 0 saturated carbocycles. The summed E-state index contributed by atoms with van der Waals surface area (Å²) < 4.78 is 22.1. The first-order valence-corrected chi connectivity index (χ1v) is 17.0. The Balaban J connectivity index is 1.36. The second-order valence-electron chi connectivity index (χ2n) is 13.7. The van der Waals surface area contributed by atoms with Crippen LogP contribution in [0, 0.1) is 5.82 Å². The molecule has 4 aromatic carbocycles. The van der Waals surface area contributed by atoms with Gasteiger partial charge >= 0.3 is 12.1 Å². The number of likely N-dealkylation sites (tertiary alicyclic amines) is 1. The van der Waals surface area contributed by atoms with E-state index in [0.29, 0.717) is 34.6 Å². The lowest BCUT2D eigenvalue weighted by atomic mass is 9.98. The molecule has 51 heavy (non-hydrogen) atoms. The molecule has 2 heterocycles. The maximum Gasteiger partial charge on any atom is 0.419 e. The summed E-state index contributed by atoms with van der Waals surface area (Å²) in [6, 6.07) is 29.0. The lowest BCUT2D eigenvalue weighted by molar-refractivity contribution is -0.138. The summed E-state index contributed by atoms with van der Waals surface area (Å²) in [6.07, 6.45) is 2.11. The van der Waals surface area contributed by atoms with Crippen LogP contribution in [0.1, 0.15) is 55.9 Å². The first kappa shape index (κ1) is 35.2. The van der Waals surface area contributed by atoms with E-state index < -0.39 is 29.5 Å². The standard InChI is InChI=1S/C41H41FN4O5/c1-41(2,3)51-40(50)46-26-29(36-31(42)19-12-21-34(36)46)24-33(39(48)49)43-37(28-16-8-5-9-17-28)30-18-10-11-20-32(30)44-38(47)35-22-13-23-45(35)25-27-14-6-4-7-15-27/h4-12,14-21,26,33,35H,13,22-25H2,1-3H3,(H,44,47)(H,48,49)/t33-,35-/m0/s1. The average Bonchev–Trinajstić information content (AvgIpc) is 3.72. The van der Waals surface area contributed by atoms with Crippen molar-refractivity contribution in [1.29, 1.82) is 0 Å². The molecule has 5 aromatic rings. The van der Waals surface area contributed by atoms with Crippen molar-refractivity contribution >= 4 is 40.3 Å². The maximum absolute atomic E-state index is 15.4. The molecule has 1 saturated heterocycles. The van der Waals surface area contributed by atoms with E-state index in [9.17, 15) is 19.5 Å². The van der Waals surface area contributed by atoms with E-state index in [1.807, 2.05) is 60.7 Å². The summed E-state index contributed by atoms with van der Waals surface area (Å²) >= 11 is 0. The summed E-state index contributed by atoms with van der Waals surface area (Å²) in [6.45, 7) is 6.65. The van der Waals surface area contributed by atoms with Crippen LogP contribution in [0.2, 0.25) is 0 Å². The third-order valence-electron chi connectivity index (χ3n) is 8.81. The number of aliphatic carboxylic acids is 1. The van der Waals surface area contributed by atoms with Gasteiger partial charge in [-0.05, 0) is 69.5 Å². The molecule has 0 spiro atoms. The highest BCUT2D eigenvalue weighted by atomic mass is 19.1. The summed E-state index contributed by atoms with van der Waals surface area (Å²) in [5.41, 5.74) is 2.90. The third-order valence-corrected chi connectivity index (χ3v) is 8.81. The number of nitrogens with zero attached hydrogens (tertiary/aromatic N) is 3. The van der Waals surface area contributed by atoms with Crippen molar-refractivity contribution in [2.24, 2.45) is 4.99 Å². The molecular weight excluding hydrogens is 647 g/mol. The van der Waals surface area contributed by atoms with Crippen LogP contribution in [0.15, 0.2) is 114 Å². The van der Waals surface area contributed by atoms with Gasteiger partial charge in [-0.1, -0.05) is 84.9 Å². The van der Waals surface area contributed by atoms with Crippen molar-refractivity contribution in [2.75, 3.05) is 11.9 Å². The number of benzene rings is 4. The second-order valence-corrected chi connectivity index (χ2v) is 13.7. The fourth-order valence-corrected chi connectivity index (χ4v) is 6.53. The molecule has 0 unspecified atom stereocenters. The van der Waals surface area contributed by atoms with Gasteiger partial charge in [0.25, 0.3) is 0 Å². The molecular formula is C41H41FN4O5. The number of nitrogens with one attached hydrogen (secondary N) is 1. The zero-order valence-electron chi connectivity index (χ0n) is 28.9. The van der Waals surface area contributed by atoms with Crippen LogP contribution in [0.25, 0.3) is 10.9 Å². The van der Waals surface area contributed by atoms with Crippen LogP contribution in [0.4, 0.5) is 14.9 Å². The topological polar surface area (TPSA) is 113 Å². The van der Waals surface area contributed by atoms with E-state index in [-0.39, 0.29) is 29.3 Å². The van der Waals surface area contributed by atoms with E-state index in [1.165, 1.54) is 22.9 Å². The number of fused-ring (bicyclic) bond motifs is 1. The number of hydrogen-bond donors (Lipinski definition) is 2. The number of carboxylic acid groups (broad SMARTS) is 1. The predicted octanol–water partition coefficient (Wildman–Crippen LogP) is 7.70. The number of aromatic nitrogens is 1. The molecule has 9 nitrogen and oxygen atoms in total. The molecule has 262 valence electrons. The Labute approximate surface area is 296 Å². The van der Waals surface area contributed by atoms with Gasteiger partial charge < -0.3 is 15.2 Å². The zero-order valence-corrected chi connectivity index (χ0v) is 28.9. The van der Waals surface area contributed by atoms with Gasteiger partial charge in [0.05, 0.1) is 23.0 Å². The number of carboxylic acids is 1. The van der Waals surface area contributed by atoms with Gasteiger partial charge in [-0.25, -0.2) is 14.0 Å². The summed E-state index contributed by atoms with van der Waals surface area (Å²) in [5.74, 6) is -1.98. The number of para-hydroxylation sites is 1. The Hall–Kier alpha value is -5.61. The van der Waals surface area contributed by atoms with Gasteiger partial charge in [-0.3, -0.25) is 19.3 Å². The molecule has 6 rings (SSSR count). The number of anilines is 1. The number of ether oxygens (including phenoxy) is 1. The summed E-state index contributed by atoms with van der Waals surface area (Å²) in [5, 5.41) is 13.8. The maximum atomic E-state index is 15.4. The Morgan fingerprint density at radius 2 is 1.63 bits per heavy atom. The van der Waals surface area contributed by atoms with Crippen molar-refractivity contribution in [3.8, 4) is 0 Å². The van der Waals surface area contributed by atoms with Gasteiger partial charge in [0.15, 0.2) is 6.04 Å². The highest BCUT2D eigenvalue weighted by Gasteiger charge is 2.32. The molecule has 10 heteroatoms. The van der Waals surface area contributed by atoms with Crippen molar-refractivity contribution < 1.29 is 28.6 Å². The number of carbonyl (C=O) groups excluding carboxylic acids is 2. The number of carbonyl (C=O) groups is 3. The van der Waals surface area contributed by atoms with Crippen LogP contribution in [-0.2, 0) is 27.3 Å². The number of hydrogen-bond acceptors (Lipinski definition) is 6. The van der Waals surface area contributed by atoms with Crippen molar-refractivity contribution in [3.05, 3.63) is 137 Å². The van der Waals surface area contributed by atoms with Gasteiger partial charge in [0.2, 0.25) is 5.91 Å². The van der Waals surface area contributed by atoms with Crippen LogP contribution < -0.4 is 5.32 Å². The molecule has 2 N–H and O–H groups in total. The van der Waals surface area contributed by atoms with Gasteiger partial charge in [-0.15, -0.1) is 0 Å². The summed E-state index contributed by atoms with van der Waals surface area (Å²) in [7, 11) is 0. The molecule has 1 aliphatic heterocycles. The minimum absolute atomic E-state index is 0.121. The third kappa shape index (κ3) is 8.24. The minimum atomic E-state index is -1.38. The molecule has 1 amide bonds. The highest BCUT2D eigenvalue weighted by molar-refractivity contribution is 6.17. The van der Waals surface area contributed by atoms with Crippen LogP contribution >= 0.6 is 0 Å². The van der Waals surface area contributed by atoms with Crippen molar-refractivity contribution in [1.82, 2.24) is 9.47 Å². The van der Waals surface area contributed by atoms with Crippen LogP contribution in [-0.4, -0.2) is 62.5 Å². The smallest absolute Gasteiger partial charge is 0.419 e. The normalized spacial score (nSPS) is 15.8. The van der Waals surface area contributed by atoms with E-state index in [2.05, 4.69) is 10.2 Å². The lowest BCUT2D eigenvalue weighted by Crippen LogP contribution is -2.39. The zero-order chi connectivity index (χ0) is 36.1. The molecule has 0 bridgehead atoms. The molecule has 0 aliphatic carbocycles. The van der Waals surface area contributed by atoms with Gasteiger partial charge in [0, 0.05) is 35.7 Å². The molecule has 1 fully saturated rings. The number of halogens is 1. The van der Waals surface area contributed by atoms with E-state index in [0.717, 1.165) is 24.9 Å². The largest absolute Gasteiger partial charge is 0.480 e. The molecule has 1 aliphatic rings. The van der Waals surface area contributed by atoms with Crippen molar-refractivity contribution in [3.63, 3.8) is 0 Å². The van der Waals surface area contributed by atoms with Gasteiger partial charge in [0.1, 0.15) is 11.4 Å². The molecule has 0 radical (unpaired) electrons. The second kappa shape index (κ2) is 15.1. The Morgan fingerprint density at radius 1 is 0.941 bits per heavy atom. The van der Waals surface area contributed by atoms with E-state index in [4.69, 9.17) is 9.73 Å².